The van der Waals surface area contributed by atoms with Crippen molar-refractivity contribution in [3.8, 4) is 0 Å². The molecule has 86 valence electrons. The molecular weight excluding hydrogens is 220 g/mol. The van der Waals surface area contributed by atoms with Crippen LogP contribution in [0.3, 0.4) is 0 Å². The fourth-order valence-corrected chi connectivity index (χ4v) is 2.52. The first-order valence-electron chi connectivity index (χ1n) is 6.09. The zero-order chi connectivity index (χ0) is 12.1. The van der Waals surface area contributed by atoms with E-state index in [2.05, 4.69) is 60.6 Å². The number of fused-ring (bicyclic) bond motifs is 4. The molecule has 2 heteroatoms. The van der Waals surface area contributed by atoms with Crippen molar-refractivity contribution in [3.63, 3.8) is 0 Å². The largest absolute Gasteiger partial charge is 0.240 e. The number of benzene rings is 2. The van der Waals surface area contributed by atoms with Crippen LogP contribution in [0.2, 0.25) is 0 Å². The molecule has 18 heavy (non-hydrogen) atoms. The lowest BCUT2D eigenvalue weighted by Gasteiger charge is -1.97. The predicted octanol–water partition coefficient (Wildman–Crippen LogP) is 3.95. The summed E-state index contributed by atoms with van der Waals surface area (Å²) in [4.78, 5) is 0. The Bertz CT molecular complexity index is 887. The molecule has 2 heterocycles. The molecule has 2 nitrogen and oxygen atoms in total. The Morgan fingerprint density at radius 2 is 1.72 bits per heavy atom. The third kappa shape index (κ3) is 1.26. The minimum atomic E-state index is 1.05. The highest BCUT2D eigenvalue weighted by atomic mass is 15.2. The van der Waals surface area contributed by atoms with E-state index in [0.29, 0.717) is 0 Å². The Hall–Kier alpha value is -2.35. The molecule has 0 N–H and O–H groups in total. The van der Waals surface area contributed by atoms with E-state index in [0.717, 1.165) is 5.52 Å². The molecule has 4 aromatic rings. The molecule has 0 unspecified atom stereocenters. The molecule has 0 amide bonds. The number of pyridine rings is 1. The quantitative estimate of drug-likeness (QED) is 0.448. The molecule has 0 aliphatic rings. The lowest BCUT2D eigenvalue weighted by molar-refractivity contribution is 0.978. The molecule has 0 fully saturated rings. The molecule has 2 aromatic carbocycles. The summed E-state index contributed by atoms with van der Waals surface area (Å²) >= 11 is 0. The Labute approximate surface area is 104 Å². The van der Waals surface area contributed by atoms with Crippen molar-refractivity contribution in [3.05, 3.63) is 60.3 Å². The molecule has 0 aliphatic carbocycles. The molecule has 0 aliphatic heterocycles. The van der Waals surface area contributed by atoms with Gasteiger partial charge in [-0.25, -0.2) is 4.52 Å². The molecular formula is C16H12N2. The van der Waals surface area contributed by atoms with E-state index in [-0.39, 0.29) is 0 Å². The maximum Gasteiger partial charge on any atom is 0.0940 e. The smallest absolute Gasteiger partial charge is 0.0940 e. The van der Waals surface area contributed by atoms with Gasteiger partial charge in [0.2, 0.25) is 0 Å². The molecule has 0 atom stereocenters. The van der Waals surface area contributed by atoms with E-state index < -0.39 is 0 Å². The molecule has 2 aromatic heterocycles. The van der Waals surface area contributed by atoms with E-state index in [1.54, 1.807) is 0 Å². The third-order valence-electron chi connectivity index (χ3n) is 3.45. The van der Waals surface area contributed by atoms with Crippen molar-refractivity contribution in [2.24, 2.45) is 0 Å². The second kappa shape index (κ2) is 3.33. The fraction of sp³-hybridized carbons (Fsp3) is 0.0625. The van der Waals surface area contributed by atoms with Crippen molar-refractivity contribution in [1.82, 2.24) is 9.61 Å². The molecule has 4 rings (SSSR count). The summed E-state index contributed by atoms with van der Waals surface area (Å²) in [5.41, 5.74) is 3.49. The molecule has 0 saturated heterocycles. The number of hydrogen-bond acceptors (Lipinski definition) is 1. The van der Waals surface area contributed by atoms with Crippen LogP contribution in [-0.4, -0.2) is 9.61 Å². The van der Waals surface area contributed by atoms with Crippen molar-refractivity contribution in [2.45, 2.75) is 6.92 Å². The second-order valence-electron chi connectivity index (χ2n) is 4.75. The standard InChI is InChI=1S/C16H12N2/c1-11-6-7-18-16(8-11)14-9-12-4-2-3-5-13(12)10-15(14)17-18/h2-10H,1H3. The van der Waals surface area contributed by atoms with Crippen LogP contribution in [0.4, 0.5) is 0 Å². The summed E-state index contributed by atoms with van der Waals surface area (Å²) in [7, 11) is 0. The van der Waals surface area contributed by atoms with Gasteiger partial charge in [0.1, 0.15) is 0 Å². The second-order valence-corrected chi connectivity index (χ2v) is 4.75. The van der Waals surface area contributed by atoms with E-state index in [9.17, 15) is 0 Å². The predicted molar refractivity (Wildman–Crippen MR) is 74.9 cm³/mol. The summed E-state index contributed by atoms with van der Waals surface area (Å²) in [6.07, 6.45) is 2.02. The first-order chi connectivity index (χ1) is 8.81. The highest BCUT2D eigenvalue weighted by Gasteiger charge is 2.06. The molecule has 0 radical (unpaired) electrons. The lowest BCUT2D eigenvalue weighted by Crippen LogP contribution is -1.85. The van der Waals surface area contributed by atoms with Gasteiger partial charge >= 0.3 is 0 Å². The zero-order valence-electron chi connectivity index (χ0n) is 10.1. The van der Waals surface area contributed by atoms with Gasteiger partial charge in [0.05, 0.1) is 11.0 Å². The van der Waals surface area contributed by atoms with Crippen LogP contribution in [-0.2, 0) is 0 Å². The van der Waals surface area contributed by atoms with Gasteiger partial charge in [0, 0.05) is 11.6 Å². The normalized spacial score (nSPS) is 11.6. The van der Waals surface area contributed by atoms with Crippen LogP contribution in [0.15, 0.2) is 54.7 Å². The monoisotopic (exact) mass is 232 g/mol. The van der Waals surface area contributed by atoms with E-state index >= 15 is 0 Å². The van der Waals surface area contributed by atoms with Crippen LogP contribution < -0.4 is 0 Å². The summed E-state index contributed by atoms with van der Waals surface area (Å²) < 4.78 is 1.95. The number of hydrogen-bond donors (Lipinski definition) is 0. The molecule has 0 bridgehead atoms. The average molecular weight is 232 g/mol. The number of aryl methyl sites for hydroxylation is 1. The van der Waals surface area contributed by atoms with Crippen molar-refractivity contribution in [2.75, 3.05) is 0 Å². The minimum absolute atomic E-state index is 1.05. The highest BCUT2D eigenvalue weighted by molar-refractivity contribution is 6.03. The summed E-state index contributed by atoms with van der Waals surface area (Å²) in [5, 5.41) is 8.35. The Morgan fingerprint density at radius 1 is 0.944 bits per heavy atom. The van der Waals surface area contributed by atoms with Gasteiger partial charge in [0.15, 0.2) is 0 Å². The van der Waals surface area contributed by atoms with Crippen molar-refractivity contribution < 1.29 is 0 Å². The van der Waals surface area contributed by atoms with Gasteiger partial charge in [-0.1, -0.05) is 24.3 Å². The Balaban J connectivity index is 2.25. The summed E-state index contributed by atoms with van der Waals surface area (Å²) in [6, 6.07) is 17.1. The highest BCUT2D eigenvalue weighted by Crippen LogP contribution is 2.25. The van der Waals surface area contributed by atoms with Crippen LogP contribution in [0.25, 0.3) is 27.2 Å². The van der Waals surface area contributed by atoms with Crippen LogP contribution in [0, 0.1) is 6.92 Å². The number of aromatic nitrogens is 2. The lowest BCUT2D eigenvalue weighted by atomic mass is 10.1. The zero-order valence-corrected chi connectivity index (χ0v) is 10.1. The van der Waals surface area contributed by atoms with Crippen molar-refractivity contribution in [1.29, 1.82) is 0 Å². The minimum Gasteiger partial charge on any atom is -0.240 e. The summed E-state index contributed by atoms with van der Waals surface area (Å²) in [6.45, 7) is 2.11. The average Bonchev–Trinajstić information content (AvgIpc) is 2.73. The van der Waals surface area contributed by atoms with E-state index in [4.69, 9.17) is 0 Å². The van der Waals surface area contributed by atoms with Gasteiger partial charge in [-0.05, 0) is 47.5 Å². The van der Waals surface area contributed by atoms with Gasteiger partial charge in [-0.2, -0.15) is 5.10 Å². The number of rotatable bonds is 0. The van der Waals surface area contributed by atoms with Gasteiger partial charge in [0.25, 0.3) is 0 Å². The first-order valence-corrected chi connectivity index (χ1v) is 6.09. The van der Waals surface area contributed by atoms with Gasteiger partial charge in [-0.3, -0.25) is 0 Å². The molecule has 0 spiro atoms. The number of nitrogens with zero attached hydrogens (tertiary/aromatic N) is 2. The Kier molecular flexibility index (Phi) is 1.78. The van der Waals surface area contributed by atoms with Gasteiger partial charge in [-0.15, -0.1) is 0 Å². The van der Waals surface area contributed by atoms with E-state index in [1.165, 1.54) is 27.2 Å². The Morgan fingerprint density at radius 3 is 2.56 bits per heavy atom. The molecule has 0 saturated carbocycles. The van der Waals surface area contributed by atoms with Crippen LogP contribution >= 0.6 is 0 Å². The van der Waals surface area contributed by atoms with E-state index in [1.807, 2.05) is 10.7 Å². The topological polar surface area (TPSA) is 17.3 Å². The van der Waals surface area contributed by atoms with Crippen LogP contribution in [0.1, 0.15) is 5.56 Å². The third-order valence-corrected chi connectivity index (χ3v) is 3.45. The maximum atomic E-state index is 4.62. The van der Waals surface area contributed by atoms with Crippen molar-refractivity contribution >= 4 is 27.2 Å². The SMILES string of the molecule is Cc1ccn2nc3cc4ccccc4cc3c2c1. The first kappa shape index (κ1) is 9.66. The fourth-order valence-electron chi connectivity index (χ4n) is 2.52. The van der Waals surface area contributed by atoms with Gasteiger partial charge < -0.3 is 0 Å². The summed E-state index contributed by atoms with van der Waals surface area (Å²) in [5.74, 6) is 0. The maximum absolute atomic E-state index is 4.62. The van der Waals surface area contributed by atoms with Crippen LogP contribution in [0.5, 0.6) is 0 Å².